The van der Waals surface area contributed by atoms with E-state index >= 15 is 0 Å². The van der Waals surface area contributed by atoms with Gasteiger partial charge in [-0.15, -0.1) is 0 Å². The number of nitrogens with one attached hydrogen (secondary N) is 1. The van der Waals surface area contributed by atoms with Crippen LogP contribution in [-0.4, -0.2) is 17.1 Å². The van der Waals surface area contributed by atoms with E-state index in [0.29, 0.717) is 28.9 Å². The van der Waals surface area contributed by atoms with E-state index in [1.165, 1.54) is 6.07 Å². The Kier molecular flexibility index (Phi) is 5.19. The third-order valence-corrected chi connectivity index (χ3v) is 4.21. The summed E-state index contributed by atoms with van der Waals surface area (Å²) in [4.78, 5) is 24.5. The molecule has 0 fully saturated rings. The van der Waals surface area contributed by atoms with Crippen LogP contribution in [0.1, 0.15) is 6.92 Å². The first-order valence-corrected chi connectivity index (χ1v) is 8.68. The molecule has 5 nitrogen and oxygen atoms in total. The average molecular weight is 401 g/mol. The number of hydrogen-bond donors (Lipinski definition) is 1. The van der Waals surface area contributed by atoms with Crippen molar-refractivity contribution in [3.8, 4) is 5.75 Å². The number of anilines is 1. The number of amides is 1. The summed E-state index contributed by atoms with van der Waals surface area (Å²) in [6, 6.07) is 14.2. The van der Waals surface area contributed by atoms with E-state index in [0.717, 1.165) is 4.47 Å². The van der Waals surface area contributed by atoms with Gasteiger partial charge in [0.05, 0.1) is 17.8 Å². The molecule has 0 bridgehead atoms. The Labute approximate surface area is 153 Å². The van der Waals surface area contributed by atoms with Gasteiger partial charge in [0.25, 0.3) is 0 Å². The molecule has 0 aliphatic heterocycles. The molecule has 2 aromatic carbocycles. The lowest BCUT2D eigenvalue weighted by molar-refractivity contribution is -0.116. The minimum atomic E-state index is -0.194. The first-order valence-electron chi connectivity index (χ1n) is 7.89. The predicted molar refractivity (Wildman–Crippen MR) is 102 cm³/mol. The Balaban J connectivity index is 1.86. The molecule has 6 heteroatoms. The number of para-hydroxylation sites is 2. The van der Waals surface area contributed by atoms with E-state index in [1.807, 2.05) is 37.3 Å². The number of ether oxygens (including phenoxy) is 1. The normalized spacial score (nSPS) is 10.6. The number of hydrogen-bond acceptors (Lipinski definition) is 3. The second-order valence-electron chi connectivity index (χ2n) is 5.45. The van der Waals surface area contributed by atoms with Crippen molar-refractivity contribution in [2.75, 3.05) is 11.9 Å². The number of rotatable bonds is 5. The molecule has 1 heterocycles. The van der Waals surface area contributed by atoms with Crippen molar-refractivity contribution in [2.24, 2.45) is 0 Å². The van der Waals surface area contributed by atoms with Crippen LogP contribution >= 0.6 is 15.9 Å². The van der Waals surface area contributed by atoms with Crippen LogP contribution < -0.4 is 15.5 Å². The highest BCUT2D eigenvalue weighted by molar-refractivity contribution is 9.10. The summed E-state index contributed by atoms with van der Waals surface area (Å²) in [5.74, 6) is 0.437. The Hall–Kier alpha value is -2.60. The van der Waals surface area contributed by atoms with Crippen molar-refractivity contribution < 1.29 is 9.53 Å². The summed E-state index contributed by atoms with van der Waals surface area (Å²) < 4.78 is 8.09. The second kappa shape index (κ2) is 7.53. The zero-order chi connectivity index (χ0) is 17.8. The topological polar surface area (TPSA) is 60.3 Å². The van der Waals surface area contributed by atoms with Crippen molar-refractivity contribution in [1.29, 1.82) is 0 Å². The molecule has 0 aliphatic carbocycles. The number of benzene rings is 2. The molecule has 0 aliphatic rings. The average Bonchev–Trinajstić information content (AvgIpc) is 2.59. The van der Waals surface area contributed by atoms with E-state index in [2.05, 4.69) is 21.2 Å². The van der Waals surface area contributed by atoms with Gasteiger partial charge in [-0.2, -0.15) is 0 Å². The fourth-order valence-corrected chi connectivity index (χ4v) is 2.98. The first-order chi connectivity index (χ1) is 12.1. The van der Waals surface area contributed by atoms with E-state index in [9.17, 15) is 9.59 Å². The first kappa shape index (κ1) is 17.2. The zero-order valence-electron chi connectivity index (χ0n) is 13.7. The quantitative estimate of drug-likeness (QED) is 0.708. The molecule has 0 saturated carbocycles. The van der Waals surface area contributed by atoms with Crippen LogP contribution in [0.25, 0.3) is 10.9 Å². The molecule has 0 radical (unpaired) electrons. The number of carbonyl (C=O) groups is 1. The summed E-state index contributed by atoms with van der Waals surface area (Å²) in [7, 11) is 0. The minimum absolute atomic E-state index is 0.0744. The van der Waals surface area contributed by atoms with Crippen LogP contribution in [-0.2, 0) is 11.3 Å². The largest absolute Gasteiger partial charge is 0.492 e. The van der Waals surface area contributed by atoms with Gasteiger partial charge in [0.2, 0.25) is 5.91 Å². The van der Waals surface area contributed by atoms with Gasteiger partial charge in [-0.05, 0) is 37.3 Å². The van der Waals surface area contributed by atoms with Gasteiger partial charge in [-0.3, -0.25) is 9.59 Å². The van der Waals surface area contributed by atoms with Crippen molar-refractivity contribution in [3.63, 3.8) is 0 Å². The van der Waals surface area contributed by atoms with Crippen LogP contribution in [0.5, 0.6) is 5.75 Å². The van der Waals surface area contributed by atoms with Gasteiger partial charge in [0.15, 0.2) is 5.43 Å². The van der Waals surface area contributed by atoms with E-state index in [4.69, 9.17) is 4.74 Å². The summed E-state index contributed by atoms with van der Waals surface area (Å²) in [6.45, 7) is 2.51. The molecule has 0 unspecified atom stereocenters. The van der Waals surface area contributed by atoms with Gasteiger partial charge in [-0.25, -0.2) is 0 Å². The van der Waals surface area contributed by atoms with Gasteiger partial charge >= 0.3 is 0 Å². The third-order valence-electron chi connectivity index (χ3n) is 3.71. The highest BCUT2D eigenvalue weighted by atomic mass is 79.9. The van der Waals surface area contributed by atoms with Gasteiger partial charge in [0.1, 0.15) is 12.3 Å². The van der Waals surface area contributed by atoms with Gasteiger partial charge in [0, 0.05) is 22.1 Å². The van der Waals surface area contributed by atoms with Gasteiger partial charge in [-0.1, -0.05) is 28.1 Å². The molecule has 1 N–H and O–H groups in total. The maximum Gasteiger partial charge on any atom is 0.244 e. The molecule has 0 atom stereocenters. The predicted octanol–water partition coefficient (Wildman–Crippen LogP) is 3.80. The SMILES string of the molecule is CCOc1ccccc1NC(=O)Cn1ccc(=O)c2cc(Br)ccc21. The van der Waals surface area contributed by atoms with Crippen LogP contribution in [0.2, 0.25) is 0 Å². The van der Waals surface area contributed by atoms with Crippen molar-refractivity contribution in [2.45, 2.75) is 13.5 Å². The molecular formula is C19H17BrN2O3. The van der Waals surface area contributed by atoms with Crippen LogP contribution in [0, 0.1) is 0 Å². The molecule has 1 amide bonds. The Morgan fingerprint density at radius 3 is 2.80 bits per heavy atom. The summed E-state index contributed by atoms with van der Waals surface area (Å²) >= 11 is 3.37. The number of fused-ring (bicyclic) bond motifs is 1. The van der Waals surface area contributed by atoms with E-state index in [-0.39, 0.29) is 17.9 Å². The fourth-order valence-electron chi connectivity index (χ4n) is 2.62. The van der Waals surface area contributed by atoms with Crippen molar-refractivity contribution in [1.82, 2.24) is 4.57 Å². The highest BCUT2D eigenvalue weighted by Gasteiger charge is 2.10. The van der Waals surface area contributed by atoms with Gasteiger partial charge < -0.3 is 14.6 Å². The number of nitrogens with zero attached hydrogens (tertiary/aromatic N) is 1. The standard InChI is InChI=1S/C19H17BrN2O3/c1-2-25-18-6-4-3-5-15(18)21-19(24)12-22-10-9-17(23)14-11-13(20)7-8-16(14)22/h3-11H,2,12H2,1H3,(H,21,24). The highest BCUT2D eigenvalue weighted by Crippen LogP contribution is 2.24. The van der Waals surface area contributed by atoms with E-state index in [1.54, 1.807) is 22.9 Å². The number of carbonyl (C=O) groups excluding carboxylic acids is 1. The maximum atomic E-state index is 12.5. The van der Waals surface area contributed by atoms with Crippen LogP contribution in [0.15, 0.2) is 64.0 Å². The van der Waals surface area contributed by atoms with Crippen molar-refractivity contribution in [3.05, 3.63) is 69.4 Å². The molecule has 0 spiro atoms. The molecule has 128 valence electrons. The Morgan fingerprint density at radius 1 is 1.20 bits per heavy atom. The van der Waals surface area contributed by atoms with Crippen LogP contribution in [0.4, 0.5) is 5.69 Å². The Morgan fingerprint density at radius 2 is 2.00 bits per heavy atom. The Bertz CT molecular complexity index is 982. The molecule has 0 saturated heterocycles. The van der Waals surface area contributed by atoms with E-state index < -0.39 is 0 Å². The zero-order valence-corrected chi connectivity index (χ0v) is 15.2. The summed E-state index contributed by atoms with van der Waals surface area (Å²) in [6.07, 6.45) is 1.63. The molecule has 25 heavy (non-hydrogen) atoms. The number of pyridine rings is 1. The molecule has 1 aromatic heterocycles. The molecule has 3 aromatic rings. The maximum absolute atomic E-state index is 12.5. The fraction of sp³-hybridized carbons (Fsp3) is 0.158. The molecular weight excluding hydrogens is 384 g/mol. The lowest BCUT2D eigenvalue weighted by Gasteiger charge is -2.13. The molecule has 3 rings (SSSR count). The minimum Gasteiger partial charge on any atom is -0.492 e. The monoisotopic (exact) mass is 400 g/mol. The number of aromatic nitrogens is 1. The third kappa shape index (κ3) is 3.91. The van der Waals surface area contributed by atoms with Crippen LogP contribution in [0.3, 0.4) is 0 Å². The number of halogens is 1. The lowest BCUT2D eigenvalue weighted by Crippen LogP contribution is -2.20. The summed E-state index contributed by atoms with van der Waals surface area (Å²) in [5, 5.41) is 3.43. The summed E-state index contributed by atoms with van der Waals surface area (Å²) in [5.41, 5.74) is 1.26. The smallest absolute Gasteiger partial charge is 0.244 e. The van der Waals surface area contributed by atoms with Crippen molar-refractivity contribution >= 4 is 38.4 Å². The lowest BCUT2D eigenvalue weighted by atomic mass is 10.2. The second-order valence-corrected chi connectivity index (χ2v) is 6.36.